The van der Waals surface area contributed by atoms with Crippen LogP contribution in [0.15, 0.2) is 78.4 Å². The number of nitrogens with zero attached hydrogens (tertiary/aromatic N) is 2. The third-order valence-electron chi connectivity index (χ3n) is 9.59. The van der Waals surface area contributed by atoms with Gasteiger partial charge in [0.15, 0.2) is 9.75 Å². The van der Waals surface area contributed by atoms with E-state index in [9.17, 15) is 43.7 Å². The van der Waals surface area contributed by atoms with E-state index in [0.29, 0.717) is 11.1 Å². The number of carbonyl (C=O) groups excluding carboxylic acids is 4. The van der Waals surface area contributed by atoms with Gasteiger partial charge in [-0.1, -0.05) is 23.8 Å². The molecule has 13 heteroatoms. The van der Waals surface area contributed by atoms with E-state index < -0.39 is 80.1 Å². The van der Waals surface area contributed by atoms with Crippen LogP contribution in [0.3, 0.4) is 0 Å². The minimum atomic E-state index is -2.12. The van der Waals surface area contributed by atoms with Crippen LogP contribution in [-0.2, 0) is 19.2 Å². The zero-order chi connectivity index (χ0) is 32.9. The van der Waals surface area contributed by atoms with Crippen LogP contribution >= 0.6 is 23.2 Å². The number of allylic oxidation sites excluding steroid dienone is 2. The van der Waals surface area contributed by atoms with Gasteiger partial charge >= 0.3 is 5.97 Å². The molecule has 7 rings (SSSR count). The summed E-state index contributed by atoms with van der Waals surface area (Å²) < 4.78 is 13.8. The molecule has 6 atom stereocenters. The molecule has 3 fully saturated rings. The topological polar surface area (TPSA) is 153 Å². The molecule has 0 spiro atoms. The van der Waals surface area contributed by atoms with Crippen molar-refractivity contribution in [2.45, 2.75) is 28.5 Å². The Hall–Kier alpha value is -4.74. The number of alkyl halides is 2. The highest BCUT2D eigenvalue weighted by molar-refractivity contribution is 6.58. The number of hydrogen-bond acceptors (Lipinski definition) is 7. The molecule has 2 heterocycles. The number of imide groups is 2. The van der Waals surface area contributed by atoms with Gasteiger partial charge < -0.3 is 15.3 Å². The highest BCUT2D eigenvalue weighted by atomic mass is 35.5. The van der Waals surface area contributed by atoms with Crippen LogP contribution in [-0.4, -0.2) is 54.7 Å². The Kier molecular flexibility index (Phi) is 6.60. The minimum absolute atomic E-state index is 0.0266. The average molecular weight is 665 g/mol. The van der Waals surface area contributed by atoms with Crippen LogP contribution in [0.2, 0.25) is 0 Å². The number of phenols is 2. The first kappa shape index (κ1) is 29.9. The number of rotatable bonds is 4. The predicted octanol–water partition coefficient (Wildman–Crippen LogP) is 4.70. The zero-order valence-corrected chi connectivity index (χ0v) is 25.1. The first-order chi connectivity index (χ1) is 21.8. The van der Waals surface area contributed by atoms with Crippen LogP contribution in [0.25, 0.3) is 0 Å². The van der Waals surface area contributed by atoms with Crippen molar-refractivity contribution in [1.82, 2.24) is 0 Å². The van der Waals surface area contributed by atoms with Crippen LogP contribution in [0.5, 0.6) is 11.5 Å². The molecule has 0 unspecified atom stereocenters. The number of fused-ring (bicyclic) bond motifs is 4. The quantitative estimate of drug-likeness (QED) is 0.206. The SMILES string of the molecule is O=C(O)c1ccc(N2C(=O)[C@H]3[C@H](CC=C4[C@H]3C[C@@]3(Cl)C(=O)N(c5ccc(F)cc5)C(=O)[C@@]3(Cl)[C@H]4c3ccc(O)cc3)C2=O)cc1O. The number of anilines is 2. The fourth-order valence-electron chi connectivity index (χ4n) is 7.53. The number of carboxylic acids is 1. The van der Waals surface area contributed by atoms with Crippen LogP contribution in [0.1, 0.15) is 34.7 Å². The highest BCUT2D eigenvalue weighted by Crippen LogP contribution is 2.66. The van der Waals surface area contributed by atoms with Crippen molar-refractivity contribution in [3.05, 3.63) is 95.3 Å². The maximum atomic E-state index is 14.3. The molecule has 234 valence electrons. The first-order valence-corrected chi connectivity index (χ1v) is 15.0. The lowest BCUT2D eigenvalue weighted by Gasteiger charge is -2.50. The molecule has 10 nitrogen and oxygen atoms in total. The standard InChI is InChI=1S/C33H23Cl2FN2O8/c34-32-14-23-20(11-12-22-25(23)28(42)37(27(22)41)18-7-10-21(29(43)44)24(40)13-18)26(15-1-8-19(39)9-2-15)33(32,35)31(46)38(30(32)45)17-5-3-16(36)4-6-17/h1-11,13,22-23,25-26,39-40H,12,14H2,(H,43,44)/t22-,23+,25-,26-,32+,33-/m0/s1. The number of benzene rings is 3. The third kappa shape index (κ3) is 3.91. The smallest absolute Gasteiger partial charge is 0.339 e. The Morgan fingerprint density at radius 1 is 0.826 bits per heavy atom. The van der Waals surface area contributed by atoms with Gasteiger partial charge in [0.05, 0.1) is 23.2 Å². The molecule has 3 aromatic carbocycles. The van der Waals surface area contributed by atoms with Gasteiger partial charge in [-0.05, 0) is 72.9 Å². The summed E-state index contributed by atoms with van der Waals surface area (Å²) in [6.45, 7) is 0. The van der Waals surface area contributed by atoms with E-state index in [1.165, 1.54) is 42.5 Å². The Morgan fingerprint density at radius 2 is 1.48 bits per heavy atom. The number of aromatic hydroxyl groups is 2. The van der Waals surface area contributed by atoms with Gasteiger partial charge in [0.1, 0.15) is 22.9 Å². The number of phenolic OH excluding ortho intramolecular Hbond substituents is 1. The number of carboxylic acid groups (broad SMARTS) is 1. The number of hydrogen-bond donors (Lipinski definition) is 3. The molecule has 1 saturated carbocycles. The molecule has 2 saturated heterocycles. The first-order valence-electron chi connectivity index (χ1n) is 14.2. The highest BCUT2D eigenvalue weighted by Gasteiger charge is 2.76. The summed E-state index contributed by atoms with van der Waals surface area (Å²) in [7, 11) is 0. The normalized spacial score (nSPS) is 30.2. The summed E-state index contributed by atoms with van der Waals surface area (Å²) in [5.74, 6) is -9.47. The molecular formula is C33H23Cl2FN2O8. The third-order valence-corrected chi connectivity index (χ3v) is 11.0. The second kappa shape index (κ2) is 10.1. The van der Waals surface area contributed by atoms with Crippen LogP contribution < -0.4 is 9.80 Å². The van der Waals surface area contributed by atoms with Gasteiger partial charge in [0, 0.05) is 12.0 Å². The van der Waals surface area contributed by atoms with Crippen molar-refractivity contribution in [2.75, 3.05) is 9.80 Å². The summed E-state index contributed by atoms with van der Waals surface area (Å²) in [6.07, 6.45) is 1.53. The number of carbonyl (C=O) groups is 5. The maximum Gasteiger partial charge on any atom is 0.339 e. The average Bonchev–Trinajstić information content (AvgIpc) is 3.36. The Balaban J connectivity index is 1.36. The van der Waals surface area contributed by atoms with E-state index in [2.05, 4.69) is 0 Å². The van der Waals surface area contributed by atoms with E-state index in [0.717, 1.165) is 34.1 Å². The molecule has 3 aromatic rings. The van der Waals surface area contributed by atoms with E-state index >= 15 is 0 Å². The molecule has 0 radical (unpaired) electrons. The van der Waals surface area contributed by atoms with Gasteiger partial charge in [-0.3, -0.25) is 19.2 Å². The lowest BCUT2D eigenvalue weighted by molar-refractivity contribution is -0.125. The molecule has 46 heavy (non-hydrogen) atoms. The van der Waals surface area contributed by atoms with E-state index in [1.54, 1.807) is 6.08 Å². The summed E-state index contributed by atoms with van der Waals surface area (Å²) in [4.78, 5) is 65.3. The maximum absolute atomic E-state index is 14.3. The lowest BCUT2D eigenvalue weighted by Crippen LogP contribution is -2.60. The van der Waals surface area contributed by atoms with Crippen molar-refractivity contribution < 1.29 is 43.7 Å². The van der Waals surface area contributed by atoms with Gasteiger partial charge in [-0.25, -0.2) is 19.0 Å². The van der Waals surface area contributed by atoms with Crippen LogP contribution in [0, 0.1) is 23.6 Å². The number of aromatic carboxylic acids is 1. The molecule has 4 aliphatic rings. The second-order valence-electron chi connectivity index (χ2n) is 11.9. The van der Waals surface area contributed by atoms with Crippen molar-refractivity contribution in [1.29, 1.82) is 0 Å². The van der Waals surface area contributed by atoms with E-state index in [4.69, 9.17) is 23.2 Å². The molecule has 2 aliphatic heterocycles. The zero-order valence-electron chi connectivity index (χ0n) is 23.6. The number of halogens is 3. The molecular weight excluding hydrogens is 642 g/mol. The van der Waals surface area contributed by atoms with Gasteiger partial charge in [-0.15, -0.1) is 23.2 Å². The van der Waals surface area contributed by atoms with Crippen molar-refractivity contribution in [2.24, 2.45) is 17.8 Å². The van der Waals surface area contributed by atoms with Gasteiger partial charge in [0.2, 0.25) is 11.8 Å². The second-order valence-corrected chi connectivity index (χ2v) is 13.1. The fourth-order valence-corrected chi connectivity index (χ4v) is 8.47. The summed E-state index contributed by atoms with van der Waals surface area (Å²) >= 11 is 14.6. The lowest BCUT2D eigenvalue weighted by atomic mass is 9.56. The van der Waals surface area contributed by atoms with Crippen molar-refractivity contribution in [3.8, 4) is 11.5 Å². The largest absolute Gasteiger partial charge is 0.508 e. The van der Waals surface area contributed by atoms with Gasteiger partial charge in [-0.2, -0.15) is 0 Å². The van der Waals surface area contributed by atoms with E-state index in [1.807, 2.05) is 0 Å². The predicted molar refractivity (Wildman–Crippen MR) is 162 cm³/mol. The molecule has 2 aliphatic carbocycles. The van der Waals surface area contributed by atoms with Crippen molar-refractivity contribution >= 4 is 64.2 Å². The molecule has 3 N–H and O–H groups in total. The monoisotopic (exact) mass is 664 g/mol. The molecule has 0 bridgehead atoms. The Labute approximate surface area is 270 Å². The molecule has 4 amide bonds. The minimum Gasteiger partial charge on any atom is -0.508 e. The summed E-state index contributed by atoms with van der Waals surface area (Å²) in [5.41, 5.74) is 0.560. The van der Waals surface area contributed by atoms with Crippen molar-refractivity contribution in [3.63, 3.8) is 0 Å². The summed E-state index contributed by atoms with van der Waals surface area (Å²) in [6, 6.07) is 13.9. The van der Waals surface area contributed by atoms with Crippen LogP contribution in [0.4, 0.5) is 15.8 Å². The Morgan fingerprint density at radius 3 is 2.11 bits per heavy atom. The van der Waals surface area contributed by atoms with E-state index in [-0.39, 0.29) is 30.0 Å². The van der Waals surface area contributed by atoms with Gasteiger partial charge in [0.25, 0.3) is 11.8 Å². The fraction of sp³-hybridized carbons (Fsp3) is 0.242. The molecule has 0 aromatic heterocycles. The summed E-state index contributed by atoms with van der Waals surface area (Å²) in [5, 5.41) is 29.6. The Bertz CT molecular complexity index is 1920. The number of amides is 4.